The molecule has 0 spiro atoms. The first-order valence-electron chi connectivity index (χ1n) is 5.92. The van der Waals surface area contributed by atoms with Gasteiger partial charge in [-0.1, -0.05) is 6.07 Å². The average Bonchev–Trinajstić information content (AvgIpc) is 2.39. The van der Waals surface area contributed by atoms with Crippen molar-refractivity contribution in [2.45, 2.75) is 20.1 Å². The second kappa shape index (κ2) is 5.58. The zero-order chi connectivity index (χ0) is 13.8. The smallest absolute Gasteiger partial charge is 0.169 e. The minimum absolute atomic E-state index is 0.111. The van der Waals surface area contributed by atoms with Gasteiger partial charge in [0.05, 0.1) is 11.3 Å². The Kier molecular flexibility index (Phi) is 3.87. The summed E-state index contributed by atoms with van der Waals surface area (Å²) in [4.78, 5) is 19.7. The molecule has 0 radical (unpaired) electrons. The zero-order valence-corrected chi connectivity index (χ0v) is 10.8. The van der Waals surface area contributed by atoms with E-state index in [1.807, 2.05) is 19.1 Å². The molecular formula is C14H15N3O2. The second-order valence-electron chi connectivity index (χ2n) is 4.21. The fraction of sp³-hybridized carbons (Fsp3) is 0.214. The molecule has 19 heavy (non-hydrogen) atoms. The number of aliphatic hydroxyl groups is 1. The topological polar surface area (TPSA) is 75.1 Å². The van der Waals surface area contributed by atoms with E-state index in [4.69, 9.17) is 0 Å². The molecule has 98 valence electrons. The van der Waals surface area contributed by atoms with Gasteiger partial charge in [0.1, 0.15) is 5.82 Å². The summed E-state index contributed by atoms with van der Waals surface area (Å²) in [5.41, 5.74) is 1.74. The van der Waals surface area contributed by atoms with Crippen LogP contribution in [0.1, 0.15) is 34.9 Å². The minimum atomic E-state index is -1.01. The van der Waals surface area contributed by atoms with Crippen molar-refractivity contribution >= 4 is 11.6 Å². The van der Waals surface area contributed by atoms with Crippen LogP contribution in [-0.2, 0) is 0 Å². The summed E-state index contributed by atoms with van der Waals surface area (Å²) in [6, 6.07) is 8.71. The molecule has 2 heterocycles. The van der Waals surface area contributed by atoms with Crippen LogP contribution in [0.4, 0.5) is 5.82 Å². The molecule has 1 atom stereocenters. The SMILES string of the molecule is CC(=O)c1cccnc1NC(O)c1cccc(C)n1. The van der Waals surface area contributed by atoms with Crippen molar-refractivity contribution < 1.29 is 9.90 Å². The van der Waals surface area contributed by atoms with Crippen molar-refractivity contribution in [3.63, 3.8) is 0 Å². The Morgan fingerprint density at radius 1 is 1.32 bits per heavy atom. The molecule has 0 bridgehead atoms. The van der Waals surface area contributed by atoms with Gasteiger partial charge in [0, 0.05) is 11.9 Å². The van der Waals surface area contributed by atoms with Crippen LogP contribution in [0.2, 0.25) is 0 Å². The lowest BCUT2D eigenvalue weighted by molar-refractivity contribution is 0.101. The fourth-order valence-corrected chi connectivity index (χ4v) is 1.72. The molecule has 2 rings (SSSR count). The molecule has 0 aliphatic carbocycles. The summed E-state index contributed by atoms with van der Waals surface area (Å²) in [5.74, 6) is 0.241. The molecule has 2 N–H and O–H groups in total. The largest absolute Gasteiger partial charge is 0.368 e. The number of ketones is 1. The lowest BCUT2D eigenvalue weighted by atomic mass is 10.2. The number of aryl methyl sites for hydroxylation is 1. The van der Waals surface area contributed by atoms with Gasteiger partial charge >= 0.3 is 0 Å². The van der Waals surface area contributed by atoms with Crippen LogP contribution in [0.3, 0.4) is 0 Å². The first-order chi connectivity index (χ1) is 9.08. The van der Waals surface area contributed by atoms with E-state index in [1.165, 1.54) is 6.92 Å². The summed E-state index contributed by atoms with van der Waals surface area (Å²) in [6.45, 7) is 3.30. The minimum Gasteiger partial charge on any atom is -0.368 e. The second-order valence-corrected chi connectivity index (χ2v) is 4.21. The molecular weight excluding hydrogens is 242 g/mol. The van der Waals surface area contributed by atoms with Crippen molar-refractivity contribution in [3.8, 4) is 0 Å². The molecule has 2 aromatic heterocycles. The Morgan fingerprint density at radius 3 is 2.79 bits per heavy atom. The maximum atomic E-state index is 11.5. The van der Waals surface area contributed by atoms with Gasteiger partial charge in [0.15, 0.2) is 12.0 Å². The van der Waals surface area contributed by atoms with Gasteiger partial charge < -0.3 is 10.4 Å². The first-order valence-corrected chi connectivity index (χ1v) is 5.92. The maximum absolute atomic E-state index is 11.5. The highest BCUT2D eigenvalue weighted by molar-refractivity contribution is 5.98. The molecule has 0 amide bonds. The maximum Gasteiger partial charge on any atom is 0.169 e. The molecule has 0 aromatic carbocycles. The highest BCUT2D eigenvalue weighted by atomic mass is 16.3. The summed E-state index contributed by atoms with van der Waals surface area (Å²) >= 11 is 0. The highest BCUT2D eigenvalue weighted by Gasteiger charge is 2.13. The van der Waals surface area contributed by atoms with Gasteiger partial charge in [-0.3, -0.25) is 9.78 Å². The Balaban J connectivity index is 2.24. The van der Waals surface area contributed by atoms with Crippen LogP contribution < -0.4 is 5.32 Å². The molecule has 0 aliphatic heterocycles. The third kappa shape index (κ3) is 3.14. The van der Waals surface area contributed by atoms with Gasteiger partial charge in [0.25, 0.3) is 0 Å². The third-order valence-electron chi connectivity index (χ3n) is 2.65. The number of anilines is 1. The number of rotatable bonds is 4. The number of aliphatic hydroxyl groups excluding tert-OH is 1. The van der Waals surface area contributed by atoms with Crippen LogP contribution in [-0.4, -0.2) is 20.9 Å². The molecule has 0 fully saturated rings. The standard InChI is InChI=1S/C14H15N3O2/c1-9-5-3-7-12(16-9)14(19)17-13-11(10(2)18)6-4-8-15-13/h3-8,14,19H,1-2H3,(H,15,17). The van der Waals surface area contributed by atoms with Crippen LogP contribution in [0, 0.1) is 6.92 Å². The number of hydrogen-bond acceptors (Lipinski definition) is 5. The van der Waals surface area contributed by atoms with Gasteiger partial charge in [-0.05, 0) is 38.1 Å². The average molecular weight is 257 g/mol. The number of nitrogens with zero attached hydrogens (tertiary/aromatic N) is 2. The number of Topliss-reactive ketones (excluding diaryl/α,β-unsaturated/α-hetero) is 1. The number of pyridine rings is 2. The summed E-state index contributed by atoms with van der Waals surface area (Å²) in [6.07, 6.45) is 0.554. The highest BCUT2D eigenvalue weighted by Crippen LogP contribution is 2.18. The number of hydrogen-bond donors (Lipinski definition) is 2. The Hall–Kier alpha value is -2.27. The lowest BCUT2D eigenvalue weighted by Crippen LogP contribution is -2.15. The van der Waals surface area contributed by atoms with E-state index in [9.17, 15) is 9.90 Å². The summed E-state index contributed by atoms with van der Waals surface area (Å²) in [5, 5.41) is 12.9. The Labute approximate surface area is 111 Å². The van der Waals surface area contributed by atoms with Gasteiger partial charge in [-0.25, -0.2) is 4.98 Å². The lowest BCUT2D eigenvalue weighted by Gasteiger charge is -2.15. The van der Waals surface area contributed by atoms with Crippen LogP contribution in [0.25, 0.3) is 0 Å². The number of aromatic nitrogens is 2. The Bertz CT molecular complexity index is 599. The molecule has 5 nitrogen and oxygen atoms in total. The molecule has 0 aliphatic rings. The number of carbonyl (C=O) groups excluding carboxylic acids is 1. The van der Waals surface area contributed by atoms with Crippen LogP contribution in [0.15, 0.2) is 36.5 Å². The van der Waals surface area contributed by atoms with Crippen LogP contribution >= 0.6 is 0 Å². The molecule has 1 unspecified atom stereocenters. The van der Waals surface area contributed by atoms with Crippen molar-refractivity contribution in [3.05, 3.63) is 53.5 Å². The van der Waals surface area contributed by atoms with E-state index in [0.717, 1.165) is 5.69 Å². The predicted octanol–water partition coefficient (Wildman–Crippen LogP) is 2.09. The quantitative estimate of drug-likeness (QED) is 0.648. The first kappa shape index (κ1) is 13.2. The molecule has 2 aromatic rings. The van der Waals surface area contributed by atoms with E-state index < -0.39 is 6.23 Å². The monoisotopic (exact) mass is 257 g/mol. The van der Waals surface area contributed by atoms with Gasteiger partial charge in [0.2, 0.25) is 0 Å². The number of nitrogens with one attached hydrogen (secondary N) is 1. The molecule has 0 saturated carbocycles. The van der Waals surface area contributed by atoms with Crippen molar-refractivity contribution in [2.24, 2.45) is 0 Å². The van der Waals surface area contributed by atoms with Gasteiger partial charge in [-0.15, -0.1) is 0 Å². The Morgan fingerprint density at radius 2 is 2.11 bits per heavy atom. The predicted molar refractivity (Wildman–Crippen MR) is 71.8 cm³/mol. The van der Waals surface area contributed by atoms with Crippen LogP contribution in [0.5, 0.6) is 0 Å². The molecule has 0 saturated heterocycles. The van der Waals surface area contributed by atoms with E-state index >= 15 is 0 Å². The fourth-order valence-electron chi connectivity index (χ4n) is 1.72. The third-order valence-corrected chi connectivity index (χ3v) is 2.65. The van der Waals surface area contributed by atoms with Crippen molar-refractivity contribution in [1.29, 1.82) is 0 Å². The molecule has 5 heteroatoms. The zero-order valence-electron chi connectivity index (χ0n) is 10.8. The summed E-state index contributed by atoms with van der Waals surface area (Å²) in [7, 11) is 0. The normalized spacial score (nSPS) is 11.9. The van der Waals surface area contributed by atoms with Crippen molar-refractivity contribution in [1.82, 2.24) is 9.97 Å². The van der Waals surface area contributed by atoms with Gasteiger partial charge in [-0.2, -0.15) is 0 Å². The van der Waals surface area contributed by atoms with Crippen molar-refractivity contribution in [2.75, 3.05) is 5.32 Å². The van der Waals surface area contributed by atoms with E-state index in [2.05, 4.69) is 15.3 Å². The van der Waals surface area contributed by atoms with E-state index in [-0.39, 0.29) is 5.78 Å². The van der Waals surface area contributed by atoms with E-state index in [1.54, 1.807) is 24.4 Å². The summed E-state index contributed by atoms with van der Waals surface area (Å²) < 4.78 is 0. The number of carbonyl (C=O) groups is 1. The van der Waals surface area contributed by atoms with E-state index in [0.29, 0.717) is 17.1 Å².